The van der Waals surface area contributed by atoms with Crippen LogP contribution in [0.4, 0.5) is 5.13 Å². The Hall–Kier alpha value is -2.29. The number of benzene rings is 2. The lowest BCUT2D eigenvalue weighted by Crippen LogP contribution is -2.39. The minimum atomic E-state index is 0.0546. The number of aromatic nitrogens is 1. The van der Waals surface area contributed by atoms with Gasteiger partial charge < -0.3 is 14.4 Å². The van der Waals surface area contributed by atoms with Crippen molar-refractivity contribution in [3.05, 3.63) is 42.5 Å². The van der Waals surface area contributed by atoms with E-state index in [4.69, 9.17) is 14.5 Å². The molecule has 1 aromatic heterocycles. The van der Waals surface area contributed by atoms with E-state index in [1.54, 1.807) is 14.2 Å². The zero-order chi connectivity index (χ0) is 22.2. The third-order valence-corrected chi connectivity index (χ3v) is 7.11. The number of thioether (sulfide) groups is 1. The van der Waals surface area contributed by atoms with Crippen molar-refractivity contribution in [2.24, 2.45) is 0 Å². The third kappa shape index (κ3) is 6.12. The topological polar surface area (TPSA) is 54.9 Å². The van der Waals surface area contributed by atoms with Crippen LogP contribution in [0, 0.1) is 0 Å². The van der Waals surface area contributed by atoms with Crippen LogP contribution < -0.4 is 14.4 Å². The molecule has 2 aromatic carbocycles. The summed E-state index contributed by atoms with van der Waals surface area (Å²) in [6, 6.07) is 13.6. The molecule has 1 heterocycles. The van der Waals surface area contributed by atoms with E-state index in [2.05, 4.69) is 18.7 Å². The van der Waals surface area contributed by atoms with Crippen LogP contribution in [0.25, 0.3) is 10.2 Å². The van der Waals surface area contributed by atoms with Gasteiger partial charge in [-0.2, -0.15) is 0 Å². The number of thiazole rings is 1. The monoisotopic (exact) mass is 459 g/mol. The minimum absolute atomic E-state index is 0.0546. The number of carbonyl (C=O) groups excluding carboxylic acids is 1. The lowest BCUT2D eigenvalue weighted by molar-refractivity contribution is -0.116. The van der Waals surface area contributed by atoms with Crippen LogP contribution in [0.15, 0.2) is 47.4 Å². The number of amides is 1. The molecule has 0 radical (unpaired) electrons. The van der Waals surface area contributed by atoms with Crippen molar-refractivity contribution in [2.45, 2.75) is 18.7 Å². The molecule has 166 valence electrons. The molecule has 1 amide bonds. The summed E-state index contributed by atoms with van der Waals surface area (Å²) in [6.07, 6.45) is 0. The molecule has 0 aliphatic heterocycles. The highest BCUT2D eigenvalue weighted by Crippen LogP contribution is 2.32. The van der Waals surface area contributed by atoms with Gasteiger partial charge in [-0.15, -0.1) is 11.8 Å². The van der Waals surface area contributed by atoms with E-state index >= 15 is 0 Å². The zero-order valence-corrected chi connectivity index (χ0v) is 20.1. The summed E-state index contributed by atoms with van der Waals surface area (Å²) in [6.45, 7) is 7.61. The molecule has 0 aliphatic rings. The molecule has 0 N–H and O–H groups in total. The molecule has 0 unspecified atom stereocenters. The van der Waals surface area contributed by atoms with Crippen molar-refractivity contribution < 1.29 is 14.3 Å². The second-order valence-electron chi connectivity index (χ2n) is 6.87. The van der Waals surface area contributed by atoms with Gasteiger partial charge in [-0.05, 0) is 55.6 Å². The van der Waals surface area contributed by atoms with E-state index in [0.29, 0.717) is 12.3 Å². The number of anilines is 1. The van der Waals surface area contributed by atoms with Gasteiger partial charge in [0.15, 0.2) is 5.13 Å². The largest absolute Gasteiger partial charge is 0.497 e. The van der Waals surface area contributed by atoms with E-state index in [1.165, 1.54) is 23.1 Å². The summed E-state index contributed by atoms with van der Waals surface area (Å²) < 4.78 is 11.5. The fourth-order valence-electron chi connectivity index (χ4n) is 3.14. The van der Waals surface area contributed by atoms with Crippen LogP contribution in [-0.2, 0) is 4.79 Å². The van der Waals surface area contributed by atoms with Crippen molar-refractivity contribution >= 4 is 44.4 Å². The van der Waals surface area contributed by atoms with Crippen molar-refractivity contribution in [3.8, 4) is 11.5 Å². The van der Waals surface area contributed by atoms with E-state index in [0.717, 1.165) is 51.4 Å². The zero-order valence-electron chi connectivity index (χ0n) is 18.5. The maximum atomic E-state index is 13.2. The summed E-state index contributed by atoms with van der Waals surface area (Å²) >= 11 is 3.05. The molecule has 6 nitrogen and oxygen atoms in total. The Labute approximate surface area is 192 Å². The smallest absolute Gasteiger partial charge is 0.239 e. The number of nitrogens with zero attached hydrogens (tertiary/aromatic N) is 3. The van der Waals surface area contributed by atoms with E-state index in [-0.39, 0.29) is 5.91 Å². The third-order valence-electron chi connectivity index (χ3n) is 5.07. The first-order valence-corrected chi connectivity index (χ1v) is 12.1. The Morgan fingerprint density at radius 1 is 1.00 bits per heavy atom. The predicted octanol–water partition coefficient (Wildman–Crippen LogP) is 4.78. The molecule has 0 spiro atoms. The van der Waals surface area contributed by atoms with Crippen LogP contribution in [0.5, 0.6) is 11.5 Å². The van der Waals surface area contributed by atoms with Gasteiger partial charge in [-0.3, -0.25) is 9.69 Å². The van der Waals surface area contributed by atoms with Crippen LogP contribution in [0.1, 0.15) is 13.8 Å². The molecule has 0 aliphatic carbocycles. The van der Waals surface area contributed by atoms with Crippen molar-refractivity contribution in [1.29, 1.82) is 0 Å². The minimum Gasteiger partial charge on any atom is -0.497 e. The molecule has 0 atom stereocenters. The number of methoxy groups -OCH3 is 2. The van der Waals surface area contributed by atoms with Gasteiger partial charge in [0.25, 0.3) is 0 Å². The predicted molar refractivity (Wildman–Crippen MR) is 130 cm³/mol. The Kier molecular flexibility index (Phi) is 8.57. The lowest BCUT2D eigenvalue weighted by atomic mass is 10.3. The van der Waals surface area contributed by atoms with Crippen LogP contribution in [-0.4, -0.2) is 61.9 Å². The number of ether oxygens (including phenoxy) is 2. The van der Waals surface area contributed by atoms with Gasteiger partial charge in [0, 0.05) is 18.0 Å². The van der Waals surface area contributed by atoms with Gasteiger partial charge >= 0.3 is 0 Å². The fraction of sp³-hybridized carbons (Fsp3) is 0.391. The highest BCUT2D eigenvalue weighted by molar-refractivity contribution is 8.00. The molecular weight excluding hydrogens is 430 g/mol. The van der Waals surface area contributed by atoms with Gasteiger partial charge in [0.1, 0.15) is 11.5 Å². The molecule has 3 aromatic rings. The Balaban J connectivity index is 1.78. The highest BCUT2D eigenvalue weighted by Gasteiger charge is 2.21. The number of rotatable bonds is 11. The Bertz CT molecular complexity index is 987. The van der Waals surface area contributed by atoms with Crippen LogP contribution in [0.3, 0.4) is 0 Å². The average molecular weight is 460 g/mol. The second-order valence-corrected chi connectivity index (χ2v) is 8.92. The fourth-order valence-corrected chi connectivity index (χ4v) is 4.95. The molecule has 3 rings (SSSR count). The summed E-state index contributed by atoms with van der Waals surface area (Å²) in [7, 11) is 3.30. The molecule has 0 fully saturated rings. The summed E-state index contributed by atoms with van der Waals surface area (Å²) in [5.41, 5.74) is 0.879. The van der Waals surface area contributed by atoms with E-state index in [1.807, 2.05) is 47.4 Å². The van der Waals surface area contributed by atoms with Crippen LogP contribution >= 0.6 is 23.1 Å². The quantitative estimate of drug-likeness (QED) is 0.385. The maximum Gasteiger partial charge on any atom is 0.239 e. The maximum absolute atomic E-state index is 13.2. The van der Waals surface area contributed by atoms with Crippen molar-refractivity contribution in [3.63, 3.8) is 0 Å². The van der Waals surface area contributed by atoms with Crippen LogP contribution in [0.2, 0.25) is 0 Å². The number of hydrogen-bond acceptors (Lipinski definition) is 7. The Morgan fingerprint density at radius 2 is 1.68 bits per heavy atom. The lowest BCUT2D eigenvalue weighted by Gasteiger charge is -2.24. The van der Waals surface area contributed by atoms with Crippen molar-refractivity contribution in [2.75, 3.05) is 51.1 Å². The van der Waals surface area contributed by atoms with Gasteiger partial charge in [0.05, 0.1) is 30.2 Å². The van der Waals surface area contributed by atoms with Gasteiger partial charge in [-0.1, -0.05) is 25.2 Å². The first-order valence-electron chi connectivity index (χ1n) is 10.3. The van der Waals surface area contributed by atoms with Gasteiger partial charge in [-0.25, -0.2) is 4.98 Å². The first-order chi connectivity index (χ1) is 15.1. The highest BCUT2D eigenvalue weighted by atomic mass is 32.2. The molecule has 8 heteroatoms. The molecule has 0 saturated carbocycles. The molecular formula is C23H29N3O3S2. The summed E-state index contributed by atoms with van der Waals surface area (Å²) in [4.78, 5) is 23.1. The van der Waals surface area contributed by atoms with Crippen molar-refractivity contribution in [1.82, 2.24) is 9.88 Å². The Morgan fingerprint density at radius 3 is 2.32 bits per heavy atom. The molecule has 31 heavy (non-hydrogen) atoms. The van der Waals surface area contributed by atoms with E-state index in [9.17, 15) is 4.79 Å². The average Bonchev–Trinajstić information content (AvgIpc) is 3.23. The van der Waals surface area contributed by atoms with Gasteiger partial charge in [0.2, 0.25) is 5.91 Å². The normalized spacial score (nSPS) is 11.1. The summed E-state index contributed by atoms with van der Waals surface area (Å²) in [5.74, 6) is 2.00. The SMILES string of the molecule is CCN(CC)CCN(C(=O)CSc1ccc(OC)cc1)c1nc2ccc(OC)cc2s1. The number of likely N-dealkylation sites (N-methyl/N-ethyl adjacent to an activating group) is 1. The number of carbonyl (C=O) groups is 1. The summed E-state index contributed by atoms with van der Waals surface area (Å²) in [5, 5.41) is 0.732. The first kappa shape index (κ1) is 23.4. The second kappa shape index (κ2) is 11.4. The number of hydrogen-bond donors (Lipinski definition) is 0. The molecule has 0 saturated heterocycles. The molecule has 0 bridgehead atoms. The standard InChI is InChI=1S/C23H29N3O3S2/c1-5-25(6-2)13-14-26(22(27)16-30-19-10-7-17(28-3)8-11-19)23-24-20-12-9-18(29-4)15-21(20)31-23/h7-12,15H,5-6,13-14,16H2,1-4H3. The van der Waals surface area contributed by atoms with E-state index < -0.39 is 0 Å². The number of fused-ring (bicyclic) bond motifs is 1.